The first kappa shape index (κ1) is 11.8. The number of fused-ring (bicyclic) bond motifs is 1. The number of nitrogens with one attached hydrogen (secondary N) is 1. The van der Waals surface area contributed by atoms with E-state index >= 15 is 0 Å². The Hall–Kier alpha value is -2.66. The first-order valence-corrected chi connectivity index (χ1v) is 5.64. The van der Waals surface area contributed by atoms with E-state index in [9.17, 15) is 0 Å². The number of H-pyrrole nitrogens is 1. The number of benzene rings is 2. The Morgan fingerprint density at radius 3 is 2.17 bits per heavy atom. The van der Waals surface area contributed by atoms with Crippen LogP contribution in [0.5, 0.6) is 0 Å². The molecular weight excluding hydrogens is 220 g/mol. The minimum atomic E-state index is 0.822. The maximum atomic E-state index is 5.36. The van der Waals surface area contributed by atoms with Crippen molar-refractivity contribution in [3.05, 3.63) is 66.4 Å². The predicted molar refractivity (Wildman–Crippen MR) is 77.1 cm³/mol. The summed E-state index contributed by atoms with van der Waals surface area (Å²) >= 11 is 0. The summed E-state index contributed by atoms with van der Waals surface area (Å²) in [6, 6.07) is 19.5. The summed E-state index contributed by atoms with van der Waals surface area (Å²) in [7, 11) is 0. The van der Waals surface area contributed by atoms with Gasteiger partial charge in [-0.2, -0.15) is 0 Å². The molecule has 0 radical (unpaired) electrons. The van der Waals surface area contributed by atoms with Crippen LogP contribution in [0.3, 0.4) is 0 Å². The zero-order chi connectivity index (χ0) is 12.8. The molecule has 3 N–H and O–H groups in total. The van der Waals surface area contributed by atoms with Gasteiger partial charge in [0.15, 0.2) is 0 Å². The van der Waals surface area contributed by atoms with E-state index in [0.29, 0.717) is 0 Å². The summed E-state index contributed by atoms with van der Waals surface area (Å²) in [6.45, 7) is 0. The maximum absolute atomic E-state index is 5.36. The van der Waals surface area contributed by atoms with Crippen LogP contribution in [0.15, 0.2) is 60.7 Å². The zero-order valence-electron chi connectivity index (χ0n) is 9.93. The van der Waals surface area contributed by atoms with Crippen molar-refractivity contribution in [2.75, 3.05) is 5.73 Å². The third kappa shape index (κ3) is 2.93. The molecule has 0 unspecified atom stereocenters. The third-order valence-corrected chi connectivity index (χ3v) is 2.49. The van der Waals surface area contributed by atoms with Crippen LogP contribution >= 0.6 is 0 Å². The van der Waals surface area contributed by atoms with Gasteiger partial charge in [0.25, 0.3) is 0 Å². The van der Waals surface area contributed by atoms with Gasteiger partial charge in [-0.25, -0.2) is 0 Å². The number of terminal acetylenes is 1. The van der Waals surface area contributed by atoms with Gasteiger partial charge in [-0.3, -0.25) is 0 Å². The highest BCUT2D eigenvalue weighted by molar-refractivity contribution is 5.81. The number of rotatable bonds is 0. The minimum Gasteiger partial charge on any atom is -0.399 e. The highest BCUT2D eigenvalue weighted by Crippen LogP contribution is 2.13. The fourth-order valence-electron chi connectivity index (χ4n) is 1.60. The van der Waals surface area contributed by atoms with Gasteiger partial charge >= 0.3 is 0 Å². The number of aromatic nitrogens is 1. The fraction of sp³-hybridized carbons (Fsp3) is 0. The highest BCUT2D eigenvalue weighted by Gasteiger charge is 1.94. The normalized spacial score (nSPS) is 9.28. The van der Waals surface area contributed by atoms with Gasteiger partial charge in [0.1, 0.15) is 0 Å². The van der Waals surface area contributed by atoms with Gasteiger partial charge < -0.3 is 10.7 Å². The third-order valence-electron chi connectivity index (χ3n) is 2.49. The Morgan fingerprint density at radius 2 is 1.61 bits per heavy atom. The van der Waals surface area contributed by atoms with E-state index in [1.807, 2.05) is 60.7 Å². The highest BCUT2D eigenvalue weighted by atomic mass is 14.7. The van der Waals surface area contributed by atoms with Crippen LogP contribution in [0.1, 0.15) is 5.69 Å². The minimum absolute atomic E-state index is 0.822. The molecule has 0 aliphatic rings. The molecular formula is C16H14N2. The van der Waals surface area contributed by atoms with Crippen LogP contribution in [-0.2, 0) is 0 Å². The summed E-state index contributed by atoms with van der Waals surface area (Å²) < 4.78 is 0. The average molecular weight is 234 g/mol. The molecule has 1 heterocycles. The molecule has 2 nitrogen and oxygen atoms in total. The van der Waals surface area contributed by atoms with Crippen LogP contribution in [0.25, 0.3) is 10.9 Å². The molecule has 2 heteroatoms. The topological polar surface area (TPSA) is 41.8 Å². The largest absolute Gasteiger partial charge is 0.399 e. The maximum Gasteiger partial charge on any atom is 0.0901 e. The molecule has 0 atom stereocenters. The second-order valence-corrected chi connectivity index (χ2v) is 3.83. The quantitative estimate of drug-likeness (QED) is 0.454. The van der Waals surface area contributed by atoms with Crippen molar-refractivity contribution in [3.8, 4) is 12.3 Å². The number of hydrogen-bond donors (Lipinski definition) is 2. The van der Waals surface area contributed by atoms with E-state index in [1.54, 1.807) is 0 Å². The summed E-state index contributed by atoms with van der Waals surface area (Å²) in [5.41, 5.74) is 8.12. The fourth-order valence-corrected chi connectivity index (χ4v) is 1.60. The Morgan fingerprint density at radius 1 is 0.944 bits per heavy atom. The molecule has 0 saturated carbocycles. The average Bonchev–Trinajstić information content (AvgIpc) is 2.83. The second-order valence-electron chi connectivity index (χ2n) is 3.83. The van der Waals surface area contributed by atoms with Crippen LogP contribution in [0, 0.1) is 12.3 Å². The monoisotopic (exact) mass is 234 g/mol. The standard InChI is InChI=1S/C10H7N.C6H7N/c1-2-9-7-8-5-3-4-6-10(8)11-9;7-6-4-2-1-3-5-6/h1,3-7,11H;1-5H,7H2. The number of aromatic amines is 1. The number of hydrogen-bond acceptors (Lipinski definition) is 1. The Labute approximate surface area is 106 Å². The lowest BCUT2D eigenvalue weighted by molar-refractivity contribution is 1.42. The molecule has 1 aromatic heterocycles. The van der Waals surface area contributed by atoms with E-state index in [0.717, 1.165) is 16.9 Å². The van der Waals surface area contributed by atoms with Crippen molar-refractivity contribution in [2.45, 2.75) is 0 Å². The molecule has 3 rings (SSSR count). The van der Waals surface area contributed by atoms with Gasteiger partial charge in [0, 0.05) is 16.6 Å². The molecule has 0 aliphatic carbocycles. The molecule has 0 fully saturated rings. The first-order valence-electron chi connectivity index (χ1n) is 5.64. The van der Waals surface area contributed by atoms with Crippen molar-refractivity contribution in [3.63, 3.8) is 0 Å². The smallest absolute Gasteiger partial charge is 0.0901 e. The summed E-state index contributed by atoms with van der Waals surface area (Å²) in [5.74, 6) is 2.56. The Balaban J connectivity index is 0.000000149. The lowest BCUT2D eigenvalue weighted by Gasteiger charge is -1.83. The zero-order valence-corrected chi connectivity index (χ0v) is 9.93. The molecule has 2 aromatic carbocycles. The lowest BCUT2D eigenvalue weighted by atomic mass is 10.2. The van der Waals surface area contributed by atoms with Gasteiger partial charge in [0.05, 0.1) is 5.69 Å². The molecule has 0 bridgehead atoms. The van der Waals surface area contributed by atoms with Crippen molar-refractivity contribution >= 4 is 16.6 Å². The van der Waals surface area contributed by atoms with Gasteiger partial charge in [-0.15, -0.1) is 6.42 Å². The summed E-state index contributed by atoms with van der Waals surface area (Å²) in [6.07, 6.45) is 5.23. The van der Waals surface area contributed by atoms with Crippen molar-refractivity contribution < 1.29 is 0 Å². The number of para-hydroxylation sites is 2. The summed E-state index contributed by atoms with van der Waals surface area (Å²) in [5, 5.41) is 1.17. The van der Waals surface area contributed by atoms with E-state index in [4.69, 9.17) is 12.2 Å². The van der Waals surface area contributed by atoms with Gasteiger partial charge in [-0.1, -0.05) is 42.3 Å². The second kappa shape index (κ2) is 5.60. The van der Waals surface area contributed by atoms with Crippen LogP contribution < -0.4 is 5.73 Å². The van der Waals surface area contributed by atoms with E-state index < -0.39 is 0 Å². The molecule has 0 spiro atoms. The number of anilines is 1. The Bertz CT molecular complexity index is 627. The van der Waals surface area contributed by atoms with E-state index in [2.05, 4.69) is 10.9 Å². The van der Waals surface area contributed by atoms with E-state index in [-0.39, 0.29) is 0 Å². The van der Waals surface area contributed by atoms with Gasteiger partial charge in [0.2, 0.25) is 0 Å². The van der Waals surface area contributed by atoms with E-state index in [1.165, 1.54) is 5.39 Å². The van der Waals surface area contributed by atoms with Crippen molar-refractivity contribution in [2.24, 2.45) is 0 Å². The molecule has 3 aromatic rings. The van der Waals surface area contributed by atoms with Crippen molar-refractivity contribution in [1.82, 2.24) is 4.98 Å². The number of nitrogens with two attached hydrogens (primary N) is 1. The van der Waals surface area contributed by atoms with Crippen molar-refractivity contribution in [1.29, 1.82) is 0 Å². The predicted octanol–water partition coefficient (Wildman–Crippen LogP) is 3.42. The SMILES string of the molecule is C#Cc1cc2ccccc2[nH]1.Nc1ccccc1. The van der Waals surface area contributed by atoms with Crippen LogP contribution in [0.4, 0.5) is 5.69 Å². The van der Waals surface area contributed by atoms with Crippen LogP contribution in [0.2, 0.25) is 0 Å². The molecule has 0 aliphatic heterocycles. The van der Waals surface area contributed by atoms with Crippen LogP contribution in [-0.4, -0.2) is 4.98 Å². The Kier molecular flexibility index (Phi) is 3.68. The first-order chi connectivity index (χ1) is 8.79. The molecule has 0 amide bonds. The molecule has 0 saturated heterocycles. The molecule has 18 heavy (non-hydrogen) atoms. The summed E-state index contributed by atoms with van der Waals surface area (Å²) in [4.78, 5) is 3.11. The number of nitrogen functional groups attached to an aromatic ring is 1. The molecule has 88 valence electrons. The lowest BCUT2D eigenvalue weighted by Crippen LogP contribution is -1.79. The van der Waals surface area contributed by atoms with Gasteiger partial charge in [-0.05, 0) is 24.3 Å².